The van der Waals surface area contributed by atoms with Crippen molar-refractivity contribution in [3.63, 3.8) is 0 Å². The second-order valence-corrected chi connectivity index (χ2v) is 9.86. The summed E-state index contributed by atoms with van der Waals surface area (Å²) in [4.78, 5) is 4.32. The number of nitrogens with one attached hydrogen (secondary N) is 1. The van der Waals surface area contributed by atoms with Gasteiger partial charge in [0.2, 0.25) is 5.88 Å². The van der Waals surface area contributed by atoms with Gasteiger partial charge in [-0.15, -0.1) is 10.2 Å². The van der Waals surface area contributed by atoms with Crippen molar-refractivity contribution in [2.75, 3.05) is 13.2 Å². The van der Waals surface area contributed by atoms with Gasteiger partial charge in [0, 0.05) is 49.9 Å². The Bertz CT molecular complexity index is 1090. The summed E-state index contributed by atoms with van der Waals surface area (Å²) >= 11 is 0. The maximum Gasteiger partial charge on any atom is 0.213 e. The van der Waals surface area contributed by atoms with E-state index in [1.165, 1.54) is 11.3 Å². The van der Waals surface area contributed by atoms with Crippen molar-refractivity contribution in [2.45, 2.75) is 75.5 Å². The first-order valence-corrected chi connectivity index (χ1v) is 12.8. The Balaban J connectivity index is 1.21. The quantitative estimate of drug-likeness (QED) is 0.622. The van der Waals surface area contributed by atoms with Crippen molar-refractivity contribution in [1.82, 2.24) is 25.1 Å². The van der Waals surface area contributed by atoms with Gasteiger partial charge in [-0.3, -0.25) is 4.57 Å². The minimum absolute atomic E-state index is 0.220. The molecule has 2 fully saturated rings. The van der Waals surface area contributed by atoms with Crippen LogP contribution < -0.4 is 10.1 Å². The topological polar surface area (TPSA) is 74.1 Å². The summed E-state index contributed by atoms with van der Waals surface area (Å²) in [5.74, 6) is 3.32. The van der Waals surface area contributed by atoms with Crippen LogP contribution in [0.1, 0.15) is 61.7 Å². The highest BCUT2D eigenvalue weighted by Crippen LogP contribution is 2.36. The van der Waals surface area contributed by atoms with Gasteiger partial charge < -0.3 is 14.8 Å². The highest BCUT2D eigenvalue weighted by atomic mass is 16.5. The monoisotopic (exact) mass is 459 g/mol. The number of rotatable bonds is 5. The number of aromatic nitrogens is 4. The van der Waals surface area contributed by atoms with Crippen LogP contribution in [0.25, 0.3) is 5.69 Å². The second kappa shape index (κ2) is 9.84. The minimum atomic E-state index is 0.220. The van der Waals surface area contributed by atoms with Crippen LogP contribution in [0.5, 0.6) is 5.88 Å². The largest absolute Gasteiger partial charge is 0.474 e. The van der Waals surface area contributed by atoms with E-state index in [0.717, 1.165) is 82.1 Å². The minimum Gasteiger partial charge on any atom is -0.474 e. The zero-order valence-electron chi connectivity index (χ0n) is 19.6. The van der Waals surface area contributed by atoms with Crippen LogP contribution in [0.2, 0.25) is 0 Å². The second-order valence-electron chi connectivity index (χ2n) is 9.86. The first kappa shape index (κ1) is 21.7. The van der Waals surface area contributed by atoms with E-state index >= 15 is 0 Å². The van der Waals surface area contributed by atoms with Crippen LogP contribution in [0, 0.1) is 0 Å². The van der Waals surface area contributed by atoms with Gasteiger partial charge in [0.15, 0.2) is 0 Å². The van der Waals surface area contributed by atoms with Gasteiger partial charge in [0.25, 0.3) is 0 Å². The molecule has 2 aliphatic heterocycles. The van der Waals surface area contributed by atoms with E-state index in [1.54, 1.807) is 6.20 Å². The molecule has 4 heterocycles. The Kier molecular flexibility index (Phi) is 6.29. The average molecular weight is 460 g/mol. The van der Waals surface area contributed by atoms with E-state index in [1.807, 2.05) is 18.2 Å². The van der Waals surface area contributed by atoms with Gasteiger partial charge in [-0.2, -0.15) is 0 Å². The van der Waals surface area contributed by atoms with Crippen molar-refractivity contribution in [2.24, 2.45) is 0 Å². The highest BCUT2D eigenvalue weighted by Gasteiger charge is 2.32. The van der Waals surface area contributed by atoms with E-state index in [4.69, 9.17) is 19.7 Å². The summed E-state index contributed by atoms with van der Waals surface area (Å²) in [7, 11) is 0. The third-order valence-electron chi connectivity index (χ3n) is 7.54. The lowest BCUT2D eigenvalue weighted by Crippen LogP contribution is -2.43. The number of hydrogen-bond acceptors (Lipinski definition) is 6. The average Bonchev–Trinajstić information content (AvgIpc) is 3.22. The molecule has 6 rings (SSSR count). The van der Waals surface area contributed by atoms with Gasteiger partial charge in [-0.1, -0.05) is 24.3 Å². The highest BCUT2D eigenvalue weighted by molar-refractivity contribution is 5.45. The molecule has 178 valence electrons. The molecule has 2 aromatic heterocycles. The van der Waals surface area contributed by atoms with Gasteiger partial charge >= 0.3 is 0 Å². The first-order chi connectivity index (χ1) is 16.8. The summed E-state index contributed by atoms with van der Waals surface area (Å²) in [6.07, 6.45) is 10.2. The molecular formula is C27H33N5O2. The summed E-state index contributed by atoms with van der Waals surface area (Å²) in [6, 6.07) is 15.5. The van der Waals surface area contributed by atoms with Gasteiger partial charge in [0.05, 0.1) is 5.69 Å². The normalized spacial score (nSPS) is 25.2. The molecule has 0 spiro atoms. The number of benzene rings is 1. The summed E-state index contributed by atoms with van der Waals surface area (Å²) in [5, 5.41) is 13.4. The third kappa shape index (κ3) is 4.59. The van der Waals surface area contributed by atoms with Crippen LogP contribution >= 0.6 is 0 Å². The lowest BCUT2D eigenvalue weighted by molar-refractivity contribution is 0.0748. The Morgan fingerprint density at radius 1 is 0.853 bits per heavy atom. The number of hydrogen-bond donors (Lipinski definition) is 1. The van der Waals surface area contributed by atoms with Crippen LogP contribution in [0.4, 0.5) is 0 Å². The molecule has 3 aromatic rings. The molecule has 0 bridgehead atoms. The lowest BCUT2D eigenvalue weighted by Gasteiger charge is -2.28. The number of para-hydroxylation sites is 1. The van der Waals surface area contributed by atoms with Crippen LogP contribution in [0.3, 0.4) is 0 Å². The fourth-order valence-electron chi connectivity index (χ4n) is 5.79. The lowest BCUT2D eigenvalue weighted by atomic mass is 9.86. The predicted octanol–water partition coefficient (Wildman–Crippen LogP) is 4.00. The molecule has 1 aromatic carbocycles. The molecule has 1 unspecified atom stereocenters. The van der Waals surface area contributed by atoms with Crippen molar-refractivity contribution >= 4 is 0 Å². The molecule has 7 heteroatoms. The fourth-order valence-corrected chi connectivity index (χ4v) is 5.79. The number of ether oxygens (including phenoxy) is 2. The van der Waals surface area contributed by atoms with Crippen LogP contribution in [-0.2, 0) is 17.6 Å². The van der Waals surface area contributed by atoms with Gasteiger partial charge in [-0.05, 0) is 62.6 Å². The Morgan fingerprint density at radius 2 is 1.68 bits per heavy atom. The summed E-state index contributed by atoms with van der Waals surface area (Å²) in [6.45, 7) is 1.71. The molecule has 1 saturated carbocycles. The fraction of sp³-hybridized carbons (Fsp3) is 0.519. The summed E-state index contributed by atoms with van der Waals surface area (Å²) < 4.78 is 14.1. The Morgan fingerprint density at radius 3 is 2.50 bits per heavy atom. The maximum absolute atomic E-state index is 6.12. The van der Waals surface area contributed by atoms with Crippen molar-refractivity contribution in [3.05, 3.63) is 65.9 Å². The van der Waals surface area contributed by atoms with Crippen molar-refractivity contribution < 1.29 is 9.47 Å². The molecule has 1 atom stereocenters. The standard InChI is InChI=1S/C27H33N5O2/c1-2-6-24-20(5-1)17-22(29-21-12-15-33-16-13-21)18-25-30-31-27(32(24)25)19-8-10-23(11-9-19)34-26-7-3-4-14-28-26/h1-7,14,19,21-23,29H,8-13,15-18H2/t19-,22?,23-. The maximum atomic E-state index is 6.12. The first-order valence-electron chi connectivity index (χ1n) is 12.8. The zero-order valence-corrected chi connectivity index (χ0v) is 19.6. The van der Waals surface area contributed by atoms with E-state index in [9.17, 15) is 0 Å². The molecule has 0 radical (unpaired) electrons. The molecule has 1 saturated heterocycles. The Labute approximate surface area is 200 Å². The molecule has 1 N–H and O–H groups in total. The van der Waals surface area contributed by atoms with E-state index < -0.39 is 0 Å². The number of fused-ring (bicyclic) bond motifs is 3. The smallest absolute Gasteiger partial charge is 0.213 e. The van der Waals surface area contributed by atoms with Crippen LogP contribution in [-0.4, -0.2) is 51.1 Å². The third-order valence-corrected chi connectivity index (χ3v) is 7.54. The SMILES string of the molecule is c1ccc(O[C@H]2CC[C@H](c3nnc4n3-c3ccccc3CC(NC3CCOCC3)C4)CC2)nc1. The molecule has 1 aliphatic carbocycles. The van der Waals surface area contributed by atoms with E-state index in [0.29, 0.717) is 18.0 Å². The molecule has 3 aliphatic rings. The Hall–Kier alpha value is -2.77. The predicted molar refractivity (Wildman–Crippen MR) is 129 cm³/mol. The van der Waals surface area contributed by atoms with E-state index in [-0.39, 0.29) is 6.10 Å². The van der Waals surface area contributed by atoms with Crippen molar-refractivity contribution in [3.8, 4) is 11.6 Å². The van der Waals surface area contributed by atoms with E-state index in [2.05, 4.69) is 39.1 Å². The summed E-state index contributed by atoms with van der Waals surface area (Å²) in [5.41, 5.74) is 2.62. The molecule has 34 heavy (non-hydrogen) atoms. The molecule has 0 amide bonds. The zero-order chi connectivity index (χ0) is 22.7. The van der Waals surface area contributed by atoms with Crippen LogP contribution in [0.15, 0.2) is 48.7 Å². The number of pyridine rings is 1. The number of nitrogens with zero attached hydrogens (tertiary/aromatic N) is 4. The molecule has 7 nitrogen and oxygen atoms in total. The van der Waals surface area contributed by atoms with Gasteiger partial charge in [0.1, 0.15) is 17.8 Å². The van der Waals surface area contributed by atoms with Gasteiger partial charge in [-0.25, -0.2) is 4.98 Å². The molecular weight excluding hydrogens is 426 g/mol. The van der Waals surface area contributed by atoms with Crippen molar-refractivity contribution in [1.29, 1.82) is 0 Å².